The van der Waals surface area contributed by atoms with E-state index in [1.54, 1.807) is 23.3 Å². The summed E-state index contributed by atoms with van der Waals surface area (Å²) in [7, 11) is 1.77. The molecule has 0 unspecified atom stereocenters. The van der Waals surface area contributed by atoms with Gasteiger partial charge in [0.15, 0.2) is 0 Å². The second kappa shape index (κ2) is 6.84. The number of nitrogens with two attached hydrogens (primary N) is 1. The minimum Gasteiger partial charge on any atom is -0.340 e. The largest absolute Gasteiger partial charge is 0.340 e. The van der Waals surface area contributed by atoms with Crippen LogP contribution in [0.2, 0.25) is 0 Å². The Bertz CT molecular complexity index is 623. The van der Waals surface area contributed by atoms with Crippen molar-refractivity contribution < 1.29 is 4.79 Å². The van der Waals surface area contributed by atoms with E-state index in [0.29, 0.717) is 13.1 Å². The molecule has 0 aliphatic heterocycles. The Hall–Kier alpha value is -2.17. The van der Waals surface area contributed by atoms with Crippen LogP contribution in [0.3, 0.4) is 0 Å². The zero-order valence-electron chi connectivity index (χ0n) is 11.1. The molecule has 2 heterocycles. The van der Waals surface area contributed by atoms with E-state index >= 15 is 0 Å². The van der Waals surface area contributed by atoms with Crippen molar-refractivity contribution in [1.29, 1.82) is 0 Å². The second-order valence-corrected chi connectivity index (χ2v) is 5.08. The summed E-state index contributed by atoms with van der Waals surface area (Å²) in [6.45, 7) is 1.10. The van der Waals surface area contributed by atoms with E-state index in [9.17, 15) is 4.79 Å². The highest BCUT2D eigenvalue weighted by atomic mass is 32.1. The van der Waals surface area contributed by atoms with Crippen LogP contribution in [0.25, 0.3) is 0 Å². The normalized spacial score (nSPS) is 9.90. The van der Waals surface area contributed by atoms with Gasteiger partial charge in [0.2, 0.25) is 5.91 Å². The highest BCUT2D eigenvalue weighted by molar-refractivity contribution is 7.10. The van der Waals surface area contributed by atoms with Crippen LogP contribution in [0.4, 0.5) is 0 Å². The van der Waals surface area contributed by atoms with E-state index in [-0.39, 0.29) is 12.5 Å². The molecule has 2 rings (SSSR count). The zero-order valence-corrected chi connectivity index (χ0v) is 11.9. The topological polar surface area (TPSA) is 77.0 Å². The van der Waals surface area contributed by atoms with Crippen molar-refractivity contribution in [3.63, 3.8) is 0 Å². The molecule has 2 aromatic heterocycles. The molecule has 0 fully saturated rings. The maximum atomic E-state index is 12.0. The highest BCUT2D eigenvalue weighted by Crippen LogP contribution is 2.15. The van der Waals surface area contributed by atoms with E-state index in [2.05, 4.69) is 21.9 Å². The van der Waals surface area contributed by atoms with Crippen molar-refractivity contribution in [2.75, 3.05) is 13.6 Å². The van der Waals surface area contributed by atoms with E-state index in [1.165, 1.54) is 17.3 Å². The molecule has 2 N–H and O–H groups in total. The third kappa shape index (κ3) is 3.91. The van der Waals surface area contributed by atoms with Crippen molar-refractivity contribution >= 4 is 17.2 Å². The number of carbonyl (C=O) groups excluding carboxylic acids is 1. The first-order chi connectivity index (χ1) is 9.69. The lowest BCUT2D eigenvalue weighted by atomic mass is 10.3. The summed E-state index contributed by atoms with van der Waals surface area (Å²) in [5.41, 5.74) is 6.39. The Morgan fingerprint density at radius 2 is 2.45 bits per heavy atom. The van der Waals surface area contributed by atoms with Gasteiger partial charge in [-0.3, -0.25) is 4.79 Å². The Kier molecular flexibility index (Phi) is 4.87. The highest BCUT2D eigenvalue weighted by Gasteiger charge is 2.11. The number of likely N-dealkylation sites (N-methyl/N-ethyl adjacent to an activating group) is 1. The third-order valence-electron chi connectivity index (χ3n) is 2.58. The lowest BCUT2D eigenvalue weighted by Gasteiger charge is -2.16. The van der Waals surface area contributed by atoms with Crippen LogP contribution in [0.15, 0.2) is 24.1 Å². The Morgan fingerprint density at radius 3 is 3.15 bits per heavy atom. The second-order valence-electron chi connectivity index (χ2n) is 4.17. The molecular formula is C13H15N5OS. The number of hydrogen-bond acceptors (Lipinski definition) is 5. The van der Waals surface area contributed by atoms with E-state index < -0.39 is 0 Å². The van der Waals surface area contributed by atoms with Crippen molar-refractivity contribution in [2.45, 2.75) is 13.1 Å². The average Bonchev–Trinajstić information content (AvgIpc) is 3.08. The van der Waals surface area contributed by atoms with Gasteiger partial charge in [-0.25, -0.2) is 9.67 Å². The first-order valence-electron chi connectivity index (χ1n) is 6.01. The number of thiophene rings is 1. The van der Waals surface area contributed by atoms with Crippen molar-refractivity contribution in [2.24, 2.45) is 5.73 Å². The summed E-state index contributed by atoms with van der Waals surface area (Å²) in [5, 5.41) is 5.91. The fourth-order valence-electron chi connectivity index (χ4n) is 1.60. The van der Waals surface area contributed by atoms with Crippen molar-refractivity contribution in [1.82, 2.24) is 19.7 Å². The molecule has 0 saturated heterocycles. The van der Waals surface area contributed by atoms with E-state index in [1.807, 2.05) is 11.4 Å². The number of amides is 1. The van der Waals surface area contributed by atoms with Gasteiger partial charge in [0.25, 0.3) is 0 Å². The van der Waals surface area contributed by atoms with E-state index in [4.69, 9.17) is 5.73 Å². The van der Waals surface area contributed by atoms with Crippen molar-refractivity contribution in [3.05, 3.63) is 34.5 Å². The average molecular weight is 289 g/mol. The van der Waals surface area contributed by atoms with Crippen LogP contribution in [-0.4, -0.2) is 39.2 Å². The van der Waals surface area contributed by atoms with Gasteiger partial charge in [0.1, 0.15) is 19.2 Å². The minimum absolute atomic E-state index is 0.0173. The third-order valence-corrected chi connectivity index (χ3v) is 3.47. The molecule has 6 nitrogen and oxygen atoms in total. The van der Waals surface area contributed by atoms with Gasteiger partial charge >= 0.3 is 0 Å². The van der Waals surface area contributed by atoms with Gasteiger partial charge in [-0.2, -0.15) is 5.10 Å². The van der Waals surface area contributed by atoms with Gasteiger partial charge in [0.05, 0.1) is 11.4 Å². The quantitative estimate of drug-likeness (QED) is 0.822. The standard InChI is InChI=1S/C13H15N5OS/c1-17(13(19)7-18-10-15-9-16-18)6-11-5-12(20-8-11)3-2-4-14/h5,8-10H,4,6-7,14H2,1H3. The molecule has 0 aliphatic rings. The number of nitrogens with zero attached hydrogens (tertiary/aromatic N) is 4. The molecule has 20 heavy (non-hydrogen) atoms. The smallest absolute Gasteiger partial charge is 0.244 e. The predicted molar refractivity (Wildman–Crippen MR) is 76.7 cm³/mol. The van der Waals surface area contributed by atoms with Gasteiger partial charge in [-0.05, 0) is 17.0 Å². The molecule has 0 atom stereocenters. The number of aromatic nitrogens is 3. The molecule has 1 amide bonds. The van der Waals surface area contributed by atoms with Gasteiger partial charge in [-0.1, -0.05) is 11.8 Å². The van der Waals surface area contributed by atoms with Crippen LogP contribution < -0.4 is 5.73 Å². The molecule has 0 aliphatic carbocycles. The lowest BCUT2D eigenvalue weighted by molar-refractivity contribution is -0.131. The van der Waals surface area contributed by atoms with Crippen LogP contribution in [0, 0.1) is 11.8 Å². The Morgan fingerprint density at radius 1 is 1.60 bits per heavy atom. The molecule has 104 valence electrons. The first-order valence-corrected chi connectivity index (χ1v) is 6.89. The summed E-state index contributed by atoms with van der Waals surface area (Å²) < 4.78 is 1.50. The molecule has 0 aromatic carbocycles. The molecule has 0 saturated carbocycles. The maximum absolute atomic E-state index is 12.0. The van der Waals surface area contributed by atoms with Crippen LogP contribution in [-0.2, 0) is 17.9 Å². The summed E-state index contributed by atoms with van der Waals surface area (Å²) in [4.78, 5) is 18.4. The van der Waals surface area contributed by atoms with Crippen molar-refractivity contribution in [3.8, 4) is 11.8 Å². The van der Waals surface area contributed by atoms with Crippen LogP contribution in [0.5, 0.6) is 0 Å². The number of hydrogen-bond donors (Lipinski definition) is 1. The molecule has 0 spiro atoms. The Labute approximate surface area is 121 Å². The summed E-state index contributed by atoms with van der Waals surface area (Å²) >= 11 is 1.55. The number of carbonyl (C=O) groups is 1. The van der Waals surface area contributed by atoms with Gasteiger partial charge in [-0.15, -0.1) is 11.3 Å². The fraction of sp³-hybridized carbons (Fsp3) is 0.308. The molecule has 0 bridgehead atoms. The lowest BCUT2D eigenvalue weighted by Crippen LogP contribution is -2.29. The molecule has 0 radical (unpaired) electrons. The molecule has 7 heteroatoms. The fourth-order valence-corrected chi connectivity index (χ4v) is 2.37. The van der Waals surface area contributed by atoms with E-state index in [0.717, 1.165) is 10.4 Å². The Balaban J connectivity index is 1.92. The SMILES string of the molecule is CN(Cc1csc(C#CCN)c1)C(=O)Cn1cncn1. The van der Waals surface area contributed by atoms with Crippen LogP contribution in [0.1, 0.15) is 10.4 Å². The van der Waals surface area contributed by atoms with Gasteiger partial charge in [0, 0.05) is 13.6 Å². The monoisotopic (exact) mass is 289 g/mol. The predicted octanol–water partition coefficient (Wildman–Crippen LogP) is 0.308. The van der Waals surface area contributed by atoms with Gasteiger partial charge < -0.3 is 10.6 Å². The minimum atomic E-state index is -0.0173. The first kappa shape index (κ1) is 14.2. The summed E-state index contributed by atoms with van der Waals surface area (Å²) in [6, 6.07) is 1.98. The summed E-state index contributed by atoms with van der Waals surface area (Å²) in [6.07, 6.45) is 2.94. The summed E-state index contributed by atoms with van der Waals surface area (Å²) in [5.74, 6) is 5.78. The maximum Gasteiger partial charge on any atom is 0.244 e. The molecular weight excluding hydrogens is 274 g/mol. The zero-order chi connectivity index (χ0) is 14.4. The number of rotatable bonds is 4. The molecule has 2 aromatic rings. The van der Waals surface area contributed by atoms with Crippen LogP contribution >= 0.6 is 11.3 Å².